The van der Waals surface area contributed by atoms with Gasteiger partial charge in [0, 0.05) is 36.3 Å². The van der Waals surface area contributed by atoms with Crippen LogP contribution in [0.15, 0.2) is 46.9 Å². The number of anilines is 1. The van der Waals surface area contributed by atoms with Crippen molar-refractivity contribution in [3.05, 3.63) is 58.3 Å². The van der Waals surface area contributed by atoms with Gasteiger partial charge in [-0.1, -0.05) is 15.9 Å². The smallest absolute Gasteiger partial charge is 0.257 e. The molecule has 1 aliphatic rings. The highest BCUT2D eigenvalue weighted by Gasteiger charge is 2.24. The first-order chi connectivity index (χ1) is 11.0. The average Bonchev–Trinajstić information content (AvgIpc) is 2.57. The second kappa shape index (κ2) is 6.58. The van der Waals surface area contributed by atoms with Crippen LogP contribution in [0.4, 0.5) is 10.1 Å². The van der Waals surface area contributed by atoms with E-state index in [-0.39, 0.29) is 17.5 Å². The number of nitrogens with zero attached hydrogens (tertiary/aromatic N) is 2. The number of aromatic hydroxyl groups is 1. The van der Waals surface area contributed by atoms with Crippen LogP contribution in [-0.4, -0.2) is 42.1 Å². The molecule has 1 amide bonds. The zero-order valence-corrected chi connectivity index (χ0v) is 14.0. The van der Waals surface area contributed by atoms with Gasteiger partial charge in [-0.3, -0.25) is 4.79 Å². The Morgan fingerprint density at radius 1 is 1.04 bits per heavy atom. The van der Waals surface area contributed by atoms with Crippen molar-refractivity contribution >= 4 is 27.5 Å². The van der Waals surface area contributed by atoms with Crippen molar-refractivity contribution in [1.29, 1.82) is 0 Å². The Hall–Kier alpha value is -2.08. The molecule has 4 nitrogen and oxygen atoms in total. The molecule has 0 aliphatic carbocycles. The van der Waals surface area contributed by atoms with Gasteiger partial charge in [0.2, 0.25) is 0 Å². The van der Waals surface area contributed by atoms with E-state index in [1.807, 2.05) is 0 Å². The number of rotatable bonds is 2. The van der Waals surface area contributed by atoms with Crippen LogP contribution < -0.4 is 4.90 Å². The van der Waals surface area contributed by atoms with E-state index in [2.05, 4.69) is 20.8 Å². The molecule has 1 N–H and O–H groups in total. The lowest BCUT2D eigenvalue weighted by Gasteiger charge is -2.36. The molecule has 1 heterocycles. The van der Waals surface area contributed by atoms with Crippen LogP contribution in [0.5, 0.6) is 5.75 Å². The van der Waals surface area contributed by atoms with Gasteiger partial charge in [-0.2, -0.15) is 0 Å². The average molecular weight is 379 g/mol. The molecule has 0 bridgehead atoms. The molecular formula is C17H16BrFN2O2. The summed E-state index contributed by atoms with van der Waals surface area (Å²) in [4.78, 5) is 16.4. The summed E-state index contributed by atoms with van der Waals surface area (Å²) in [6, 6.07) is 11.2. The molecule has 1 fully saturated rings. The minimum Gasteiger partial charge on any atom is -0.507 e. The SMILES string of the molecule is O=C(c1cc(Br)ccc1O)N1CCN(c2ccc(F)cc2)CC1. The fourth-order valence-electron chi connectivity index (χ4n) is 2.67. The van der Waals surface area contributed by atoms with E-state index in [9.17, 15) is 14.3 Å². The van der Waals surface area contributed by atoms with Gasteiger partial charge >= 0.3 is 0 Å². The summed E-state index contributed by atoms with van der Waals surface area (Å²) in [6.45, 7) is 2.46. The molecule has 120 valence electrons. The summed E-state index contributed by atoms with van der Waals surface area (Å²) in [5, 5.41) is 9.88. The summed E-state index contributed by atoms with van der Waals surface area (Å²) in [5.41, 5.74) is 1.25. The van der Waals surface area contributed by atoms with Crippen LogP contribution in [0.1, 0.15) is 10.4 Å². The molecule has 23 heavy (non-hydrogen) atoms. The van der Waals surface area contributed by atoms with E-state index < -0.39 is 0 Å². The largest absolute Gasteiger partial charge is 0.507 e. The maximum absolute atomic E-state index is 13.0. The highest BCUT2D eigenvalue weighted by Crippen LogP contribution is 2.24. The normalized spacial score (nSPS) is 14.9. The van der Waals surface area contributed by atoms with Crippen molar-refractivity contribution in [3.8, 4) is 5.75 Å². The Kier molecular flexibility index (Phi) is 4.52. The number of hydrogen-bond acceptors (Lipinski definition) is 3. The molecule has 0 spiro atoms. The second-order valence-electron chi connectivity index (χ2n) is 5.42. The van der Waals surface area contributed by atoms with Gasteiger partial charge in [-0.25, -0.2) is 4.39 Å². The number of phenolic OH excluding ortho intramolecular Hbond substituents is 1. The molecule has 2 aromatic rings. The summed E-state index contributed by atoms with van der Waals surface area (Å²) in [5.74, 6) is -0.450. The quantitative estimate of drug-likeness (QED) is 0.871. The van der Waals surface area contributed by atoms with E-state index in [4.69, 9.17) is 0 Å². The molecule has 1 aliphatic heterocycles. The fourth-order valence-corrected chi connectivity index (χ4v) is 3.03. The molecule has 0 aromatic heterocycles. The summed E-state index contributed by atoms with van der Waals surface area (Å²) in [7, 11) is 0. The minimum atomic E-state index is -0.257. The summed E-state index contributed by atoms with van der Waals surface area (Å²) < 4.78 is 13.7. The van der Waals surface area contributed by atoms with Crippen LogP contribution in [-0.2, 0) is 0 Å². The van der Waals surface area contributed by atoms with Crippen LogP contribution in [0.25, 0.3) is 0 Å². The first kappa shape index (κ1) is 15.8. The van der Waals surface area contributed by atoms with Gasteiger partial charge in [0.1, 0.15) is 11.6 Å². The third kappa shape index (κ3) is 3.47. The monoisotopic (exact) mass is 378 g/mol. The van der Waals surface area contributed by atoms with Gasteiger partial charge in [0.15, 0.2) is 0 Å². The Morgan fingerprint density at radius 3 is 2.35 bits per heavy atom. The lowest BCUT2D eigenvalue weighted by molar-refractivity contribution is 0.0743. The molecule has 3 rings (SSSR count). The molecular weight excluding hydrogens is 363 g/mol. The lowest BCUT2D eigenvalue weighted by atomic mass is 10.1. The van der Waals surface area contributed by atoms with E-state index in [0.29, 0.717) is 31.7 Å². The van der Waals surface area contributed by atoms with Crippen LogP contribution >= 0.6 is 15.9 Å². The van der Waals surface area contributed by atoms with Crippen LogP contribution in [0.3, 0.4) is 0 Å². The number of hydrogen-bond donors (Lipinski definition) is 1. The molecule has 2 aromatic carbocycles. The number of benzene rings is 2. The predicted molar refractivity (Wildman–Crippen MR) is 90.3 cm³/mol. The molecule has 1 saturated heterocycles. The Bertz CT molecular complexity index is 713. The summed E-state index contributed by atoms with van der Waals surface area (Å²) >= 11 is 3.31. The second-order valence-corrected chi connectivity index (χ2v) is 6.33. The number of halogens is 2. The first-order valence-electron chi connectivity index (χ1n) is 7.33. The fraction of sp³-hybridized carbons (Fsp3) is 0.235. The molecule has 6 heteroatoms. The van der Waals surface area contributed by atoms with Gasteiger partial charge < -0.3 is 14.9 Å². The third-order valence-corrected chi connectivity index (χ3v) is 4.44. The predicted octanol–water partition coefficient (Wildman–Crippen LogP) is 3.26. The molecule has 0 atom stereocenters. The third-order valence-electron chi connectivity index (χ3n) is 3.95. The van der Waals surface area contributed by atoms with Gasteiger partial charge in [-0.15, -0.1) is 0 Å². The topological polar surface area (TPSA) is 43.8 Å². The van der Waals surface area contributed by atoms with Crippen LogP contribution in [0.2, 0.25) is 0 Å². The Labute approximate surface area is 142 Å². The van der Waals surface area contributed by atoms with Crippen LogP contribution in [0, 0.1) is 5.82 Å². The maximum Gasteiger partial charge on any atom is 0.257 e. The van der Waals surface area contributed by atoms with Crippen molar-refractivity contribution in [3.63, 3.8) is 0 Å². The zero-order valence-electron chi connectivity index (χ0n) is 12.4. The number of carbonyl (C=O) groups is 1. The standard InChI is InChI=1S/C17H16BrFN2O2/c18-12-1-6-16(22)15(11-12)17(23)21-9-7-20(8-10-21)14-4-2-13(19)3-5-14/h1-6,11,22H,7-10H2. The van der Waals surface area contributed by atoms with Crippen molar-refractivity contribution in [2.45, 2.75) is 0 Å². The van der Waals surface area contributed by atoms with Crippen molar-refractivity contribution in [2.75, 3.05) is 31.1 Å². The highest BCUT2D eigenvalue weighted by atomic mass is 79.9. The van der Waals surface area contributed by atoms with E-state index in [1.165, 1.54) is 18.2 Å². The number of carbonyl (C=O) groups excluding carboxylic acids is 1. The van der Waals surface area contributed by atoms with Gasteiger partial charge in [-0.05, 0) is 42.5 Å². The van der Waals surface area contributed by atoms with Crippen molar-refractivity contribution in [2.24, 2.45) is 0 Å². The lowest BCUT2D eigenvalue weighted by Crippen LogP contribution is -2.48. The number of phenols is 1. The minimum absolute atomic E-state index is 0.0147. The molecule has 0 saturated carbocycles. The van der Waals surface area contributed by atoms with E-state index in [1.54, 1.807) is 29.2 Å². The highest BCUT2D eigenvalue weighted by molar-refractivity contribution is 9.10. The van der Waals surface area contributed by atoms with Gasteiger partial charge in [0.25, 0.3) is 5.91 Å². The van der Waals surface area contributed by atoms with Gasteiger partial charge in [0.05, 0.1) is 5.56 Å². The zero-order chi connectivity index (χ0) is 16.4. The molecule has 0 radical (unpaired) electrons. The van der Waals surface area contributed by atoms with E-state index in [0.717, 1.165) is 10.2 Å². The first-order valence-corrected chi connectivity index (χ1v) is 8.12. The Balaban J connectivity index is 1.67. The molecule has 0 unspecified atom stereocenters. The number of piperazine rings is 1. The summed E-state index contributed by atoms with van der Waals surface area (Å²) in [6.07, 6.45) is 0. The van der Waals surface area contributed by atoms with Crippen molar-refractivity contribution in [1.82, 2.24) is 4.90 Å². The van der Waals surface area contributed by atoms with Crippen molar-refractivity contribution < 1.29 is 14.3 Å². The maximum atomic E-state index is 13.0. The Morgan fingerprint density at radius 2 is 1.70 bits per heavy atom. The number of amides is 1. The van der Waals surface area contributed by atoms with E-state index >= 15 is 0 Å².